The Morgan fingerprint density at radius 2 is 1.21 bits per heavy atom. The molecule has 0 saturated heterocycles. The standard InChI is InChI=1S/C30H40O7.C28H36O7.C8H8/c1-5-8-9-12-22(36-28(31)6-2)14-15-23-24-16-20-11-10-13-26(35-19-30(33)34-4)25(20)17-21(24)18-27(23)37-29(32)7-3;1-3-4-5-8-20-10-11-21-22-14-18-7-6-9-24(33-17-28(31)32-2)23(18)15-19(22)16-25(21)35-27(30)13-12-26(29)34-20;1-2-8-6-4-3-5-7-8/h6-7,10-11,13,21-24,27H,2-3,5,8-9,12,14-19H2,1,4H3;6-7,9,12-13,19-22,25H,3-5,8,10-11,14-17H2,1-2H3;2-7H,1H2/b;13-12-;/t21-,22-,23+,24-,27+;19-,20-,21+,22-,25+;/m00./s1. The molecule has 5 aliphatic rings. The molecule has 2 saturated carbocycles. The van der Waals surface area contributed by atoms with Crippen molar-refractivity contribution in [2.75, 3.05) is 27.4 Å². The van der Waals surface area contributed by atoms with Crippen LogP contribution in [-0.4, -0.2) is 87.7 Å². The summed E-state index contributed by atoms with van der Waals surface area (Å²) in [5.41, 5.74) is 5.84. The number of esters is 6. The number of cyclic esters (lactones) is 1. The molecule has 1 heterocycles. The van der Waals surface area contributed by atoms with Gasteiger partial charge in [0.25, 0.3) is 0 Å². The Hall–Kier alpha value is -6.96. The average Bonchev–Trinajstić information content (AvgIpc) is 3.99. The van der Waals surface area contributed by atoms with Gasteiger partial charge in [-0.1, -0.05) is 120 Å². The minimum absolute atomic E-state index is 0.117. The Balaban J connectivity index is 0.000000226. The molecule has 14 heteroatoms. The number of methoxy groups -OCH3 is 2. The maximum Gasteiger partial charge on any atom is 0.343 e. The van der Waals surface area contributed by atoms with Crippen LogP contribution in [0.5, 0.6) is 11.5 Å². The van der Waals surface area contributed by atoms with Gasteiger partial charge < -0.3 is 37.9 Å². The molecule has 0 N–H and O–H groups in total. The summed E-state index contributed by atoms with van der Waals surface area (Å²) in [4.78, 5) is 72.0. The van der Waals surface area contributed by atoms with Gasteiger partial charge in [-0.3, -0.25) is 0 Å². The van der Waals surface area contributed by atoms with Crippen molar-refractivity contribution in [3.05, 3.63) is 139 Å². The number of ether oxygens (including phenoxy) is 8. The lowest BCUT2D eigenvalue weighted by Crippen LogP contribution is -2.30. The predicted molar refractivity (Wildman–Crippen MR) is 305 cm³/mol. The van der Waals surface area contributed by atoms with Crippen molar-refractivity contribution in [2.24, 2.45) is 35.5 Å². The zero-order chi connectivity index (χ0) is 57.4. The summed E-state index contributed by atoms with van der Waals surface area (Å²) in [5.74, 6) is 0.594. The van der Waals surface area contributed by atoms with Gasteiger partial charge in [0.05, 0.1) is 14.2 Å². The van der Waals surface area contributed by atoms with E-state index in [-0.39, 0.29) is 49.5 Å². The van der Waals surface area contributed by atoms with Gasteiger partial charge in [0.15, 0.2) is 13.2 Å². The van der Waals surface area contributed by atoms with Crippen molar-refractivity contribution in [1.29, 1.82) is 0 Å². The minimum atomic E-state index is -0.486. The molecule has 4 aliphatic carbocycles. The van der Waals surface area contributed by atoms with Crippen LogP contribution in [0.3, 0.4) is 0 Å². The van der Waals surface area contributed by atoms with Crippen LogP contribution in [0.4, 0.5) is 0 Å². The largest absolute Gasteiger partial charge is 0.482 e. The van der Waals surface area contributed by atoms with E-state index >= 15 is 0 Å². The van der Waals surface area contributed by atoms with E-state index in [9.17, 15) is 28.8 Å². The molecule has 0 aromatic heterocycles. The first-order valence-electron chi connectivity index (χ1n) is 28.8. The Labute approximate surface area is 473 Å². The normalized spacial score (nSPS) is 24.0. The van der Waals surface area contributed by atoms with E-state index in [1.165, 1.54) is 55.2 Å². The number of unbranched alkanes of at least 4 members (excludes halogenated alkanes) is 4. The van der Waals surface area contributed by atoms with Crippen molar-refractivity contribution in [2.45, 2.75) is 154 Å². The topological polar surface area (TPSA) is 176 Å². The highest BCUT2D eigenvalue weighted by molar-refractivity contribution is 5.91. The molecular formula is C66H84O14. The average molecular weight is 1100 g/mol. The third-order valence-corrected chi connectivity index (χ3v) is 16.5. The molecule has 1 aliphatic heterocycles. The molecule has 0 amide bonds. The van der Waals surface area contributed by atoms with Crippen molar-refractivity contribution in [3.8, 4) is 11.5 Å². The van der Waals surface area contributed by atoms with Crippen LogP contribution in [0.25, 0.3) is 6.08 Å². The van der Waals surface area contributed by atoms with E-state index in [1.807, 2.05) is 60.7 Å². The fraction of sp³-hybridized carbons (Fsp3) is 0.515. The lowest BCUT2D eigenvalue weighted by atomic mass is 9.73. The summed E-state index contributed by atoms with van der Waals surface area (Å²) in [7, 11) is 2.69. The molecule has 0 radical (unpaired) electrons. The van der Waals surface area contributed by atoms with E-state index < -0.39 is 35.8 Å². The Morgan fingerprint density at radius 1 is 0.625 bits per heavy atom. The summed E-state index contributed by atoms with van der Waals surface area (Å²) in [6.45, 7) is 14.8. The molecule has 3 aromatic carbocycles. The summed E-state index contributed by atoms with van der Waals surface area (Å²) in [6.07, 6.45) is 22.1. The number of hydrogen-bond acceptors (Lipinski definition) is 14. The predicted octanol–water partition coefficient (Wildman–Crippen LogP) is 11.8. The van der Waals surface area contributed by atoms with Crippen molar-refractivity contribution >= 4 is 41.9 Å². The third kappa shape index (κ3) is 18.3. The van der Waals surface area contributed by atoms with Gasteiger partial charge in [0.1, 0.15) is 35.9 Å². The molecule has 80 heavy (non-hydrogen) atoms. The highest BCUT2D eigenvalue weighted by atomic mass is 16.6. The highest BCUT2D eigenvalue weighted by Gasteiger charge is 2.49. The number of carbonyl (C=O) groups excluding carboxylic acids is 6. The molecule has 0 spiro atoms. The van der Waals surface area contributed by atoms with Gasteiger partial charge in [-0.2, -0.15) is 0 Å². The Morgan fingerprint density at radius 3 is 1.79 bits per heavy atom. The zero-order valence-corrected chi connectivity index (χ0v) is 47.5. The molecule has 14 nitrogen and oxygen atoms in total. The van der Waals surface area contributed by atoms with Crippen LogP contribution >= 0.6 is 0 Å². The second kappa shape index (κ2) is 32.3. The summed E-state index contributed by atoms with van der Waals surface area (Å²) in [5, 5.41) is 0. The summed E-state index contributed by atoms with van der Waals surface area (Å²) >= 11 is 0. The van der Waals surface area contributed by atoms with Crippen LogP contribution in [0.2, 0.25) is 0 Å². The van der Waals surface area contributed by atoms with Gasteiger partial charge in [0.2, 0.25) is 0 Å². The lowest BCUT2D eigenvalue weighted by Gasteiger charge is -2.33. The second-order valence-electron chi connectivity index (χ2n) is 21.6. The SMILES string of the molecule is C=CC(=O)O[C@@H](CCCCC)CC[C@@H]1[C@H]2Cc3cccc(OCC(=O)OC)c3C[C@H]2C[C@H]1OC(=O)C=C.C=Cc1ccccc1.CCCCC[C@H]1CC[C@@H]2[C@H]3Cc4cccc(OCC(=O)OC)c4C[C@H]3C[C@H]2OC(=O)/C=C\C(=O)O1. The monoisotopic (exact) mass is 1100 g/mol. The fourth-order valence-corrected chi connectivity index (χ4v) is 12.5. The van der Waals surface area contributed by atoms with Gasteiger partial charge >= 0.3 is 35.8 Å². The van der Waals surface area contributed by atoms with E-state index in [0.717, 1.165) is 126 Å². The second-order valence-corrected chi connectivity index (χ2v) is 21.6. The van der Waals surface area contributed by atoms with Gasteiger partial charge in [-0.05, 0) is 165 Å². The lowest BCUT2D eigenvalue weighted by molar-refractivity contribution is -0.146. The first-order chi connectivity index (χ1) is 38.8. The number of hydrogen-bond donors (Lipinski definition) is 0. The maximum atomic E-state index is 12.5. The number of benzene rings is 3. The molecule has 432 valence electrons. The van der Waals surface area contributed by atoms with Gasteiger partial charge in [0, 0.05) is 24.3 Å². The third-order valence-electron chi connectivity index (χ3n) is 16.5. The van der Waals surface area contributed by atoms with Crippen LogP contribution in [0.15, 0.2) is 111 Å². The number of rotatable bonds is 22. The number of fused-ring (bicyclic) bond motifs is 6. The van der Waals surface area contributed by atoms with Gasteiger partial charge in [-0.25, -0.2) is 28.8 Å². The fourth-order valence-electron chi connectivity index (χ4n) is 12.5. The van der Waals surface area contributed by atoms with E-state index in [0.29, 0.717) is 35.8 Å². The molecular weight excluding hydrogens is 1020 g/mol. The van der Waals surface area contributed by atoms with Gasteiger partial charge in [-0.15, -0.1) is 0 Å². The summed E-state index contributed by atoms with van der Waals surface area (Å²) < 4.78 is 44.1. The zero-order valence-electron chi connectivity index (χ0n) is 47.5. The van der Waals surface area contributed by atoms with Crippen molar-refractivity contribution in [1.82, 2.24) is 0 Å². The van der Waals surface area contributed by atoms with E-state index in [4.69, 9.17) is 37.9 Å². The maximum absolute atomic E-state index is 12.5. The van der Waals surface area contributed by atoms with E-state index in [1.54, 1.807) is 0 Å². The van der Waals surface area contributed by atoms with Crippen molar-refractivity contribution < 1.29 is 66.7 Å². The summed E-state index contributed by atoms with van der Waals surface area (Å²) in [6, 6.07) is 22.0. The van der Waals surface area contributed by atoms with E-state index in [2.05, 4.69) is 45.7 Å². The van der Waals surface area contributed by atoms with Crippen LogP contribution in [0.1, 0.15) is 132 Å². The number of carbonyl (C=O) groups is 6. The Kier molecular flexibility index (Phi) is 25.2. The first kappa shape index (κ1) is 62.2. The molecule has 8 rings (SSSR count). The van der Waals surface area contributed by atoms with Crippen molar-refractivity contribution in [3.63, 3.8) is 0 Å². The molecule has 10 atom stereocenters. The van der Waals surface area contributed by atoms with Crippen LogP contribution in [-0.2, 0) is 82.9 Å². The van der Waals surface area contributed by atoms with Crippen LogP contribution in [0, 0.1) is 35.5 Å². The molecule has 0 unspecified atom stereocenters. The molecule has 0 bridgehead atoms. The smallest absolute Gasteiger partial charge is 0.343 e. The highest BCUT2D eigenvalue weighted by Crippen LogP contribution is 2.51. The quantitative estimate of drug-likeness (QED) is 0.0402. The minimum Gasteiger partial charge on any atom is -0.482 e. The molecule has 3 aromatic rings. The first-order valence-corrected chi connectivity index (χ1v) is 28.8. The Bertz CT molecular complexity index is 2590. The molecule has 2 fully saturated rings. The van der Waals surface area contributed by atoms with Crippen LogP contribution < -0.4 is 9.47 Å².